The van der Waals surface area contributed by atoms with Crippen molar-refractivity contribution in [2.75, 3.05) is 20.2 Å². The van der Waals surface area contributed by atoms with Crippen LogP contribution in [0.4, 0.5) is 0 Å². The number of amides is 1. The van der Waals surface area contributed by atoms with Crippen LogP contribution in [0.15, 0.2) is 18.5 Å². The van der Waals surface area contributed by atoms with Crippen molar-refractivity contribution < 1.29 is 9.53 Å². The van der Waals surface area contributed by atoms with E-state index in [1.807, 2.05) is 0 Å². The number of thiocarbonyl (C=S) groups is 1. The number of carbonyl (C=O) groups excluding carboxylic acids is 1. The van der Waals surface area contributed by atoms with Gasteiger partial charge in [-0.1, -0.05) is 26.1 Å². The predicted molar refractivity (Wildman–Crippen MR) is 82.9 cm³/mol. The van der Waals surface area contributed by atoms with Crippen LogP contribution in [0, 0.1) is 5.92 Å². The number of hydrogen-bond donors (Lipinski definition) is 1. The molecule has 1 aromatic rings. The fraction of sp³-hybridized carbons (Fsp3) is 0.500. The lowest BCUT2D eigenvalue weighted by Crippen LogP contribution is -2.36. The van der Waals surface area contributed by atoms with Gasteiger partial charge in [-0.25, -0.2) is 0 Å². The van der Waals surface area contributed by atoms with Crippen LogP contribution >= 0.6 is 12.2 Å². The lowest BCUT2D eigenvalue weighted by Gasteiger charge is -2.25. The minimum Gasteiger partial charge on any atom is -0.494 e. The Morgan fingerprint density at radius 2 is 2.25 bits per heavy atom. The number of aromatic nitrogens is 1. The van der Waals surface area contributed by atoms with Crippen molar-refractivity contribution in [2.24, 2.45) is 11.7 Å². The van der Waals surface area contributed by atoms with Crippen molar-refractivity contribution in [3.05, 3.63) is 24.0 Å². The van der Waals surface area contributed by atoms with Gasteiger partial charge in [0, 0.05) is 25.7 Å². The summed E-state index contributed by atoms with van der Waals surface area (Å²) in [6.45, 7) is 5.28. The van der Waals surface area contributed by atoms with Gasteiger partial charge in [-0.2, -0.15) is 0 Å². The summed E-state index contributed by atoms with van der Waals surface area (Å²) in [5.41, 5.74) is 6.03. The molecule has 0 radical (unpaired) electrons. The number of carbonyl (C=O) groups is 1. The zero-order chi connectivity index (χ0) is 15.1. The molecule has 0 unspecified atom stereocenters. The highest BCUT2D eigenvalue weighted by Crippen LogP contribution is 2.18. The molecular formula is C14H21N3O2S. The molecule has 0 atom stereocenters. The number of pyridine rings is 1. The summed E-state index contributed by atoms with van der Waals surface area (Å²) < 4.78 is 5.19. The van der Waals surface area contributed by atoms with Crippen molar-refractivity contribution in [1.82, 2.24) is 9.88 Å². The zero-order valence-corrected chi connectivity index (χ0v) is 12.9. The summed E-state index contributed by atoms with van der Waals surface area (Å²) in [5, 5.41) is 0. The highest BCUT2D eigenvalue weighted by molar-refractivity contribution is 7.80. The second kappa shape index (κ2) is 7.79. The third kappa shape index (κ3) is 4.77. The first-order valence-electron chi connectivity index (χ1n) is 6.51. The third-order valence-corrected chi connectivity index (χ3v) is 2.94. The van der Waals surface area contributed by atoms with E-state index in [0.29, 0.717) is 41.7 Å². The second-order valence-corrected chi connectivity index (χ2v) is 5.46. The van der Waals surface area contributed by atoms with E-state index < -0.39 is 0 Å². The molecule has 5 nitrogen and oxygen atoms in total. The lowest BCUT2D eigenvalue weighted by atomic mass is 10.1. The number of nitrogens with two attached hydrogens (primary N) is 1. The Hall–Kier alpha value is -1.69. The van der Waals surface area contributed by atoms with Crippen LogP contribution in [0.2, 0.25) is 0 Å². The van der Waals surface area contributed by atoms with E-state index in [1.54, 1.807) is 17.2 Å². The van der Waals surface area contributed by atoms with Gasteiger partial charge in [-0.05, 0) is 12.0 Å². The van der Waals surface area contributed by atoms with E-state index in [-0.39, 0.29) is 5.91 Å². The summed E-state index contributed by atoms with van der Waals surface area (Å²) in [4.78, 5) is 18.7. The molecule has 6 heteroatoms. The maximum absolute atomic E-state index is 12.6. The molecule has 20 heavy (non-hydrogen) atoms. The Bertz CT molecular complexity index is 477. The van der Waals surface area contributed by atoms with E-state index in [2.05, 4.69) is 18.8 Å². The van der Waals surface area contributed by atoms with Crippen LogP contribution in [0.1, 0.15) is 30.6 Å². The average molecular weight is 295 g/mol. The number of nitrogens with zero attached hydrogens (tertiary/aromatic N) is 2. The number of rotatable bonds is 7. The smallest absolute Gasteiger partial charge is 0.257 e. The average Bonchev–Trinajstić information content (AvgIpc) is 2.42. The number of hydrogen-bond acceptors (Lipinski definition) is 4. The topological polar surface area (TPSA) is 68.5 Å². The third-order valence-electron chi connectivity index (χ3n) is 2.74. The Morgan fingerprint density at radius 3 is 2.80 bits per heavy atom. The number of ether oxygens (including phenoxy) is 1. The predicted octanol–water partition coefficient (Wildman–Crippen LogP) is 1.86. The highest BCUT2D eigenvalue weighted by Gasteiger charge is 2.20. The van der Waals surface area contributed by atoms with Crippen LogP contribution in [0.5, 0.6) is 5.75 Å². The monoisotopic (exact) mass is 295 g/mol. The zero-order valence-electron chi connectivity index (χ0n) is 12.1. The SMILES string of the molecule is COc1cnccc1C(=O)N(CCC(N)=S)CC(C)C. The molecule has 0 aliphatic rings. The Morgan fingerprint density at radius 1 is 1.55 bits per heavy atom. The molecule has 1 aromatic heterocycles. The van der Waals surface area contributed by atoms with Gasteiger partial charge >= 0.3 is 0 Å². The minimum atomic E-state index is -0.0887. The fourth-order valence-electron chi connectivity index (χ4n) is 1.85. The number of methoxy groups -OCH3 is 1. The van der Waals surface area contributed by atoms with Gasteiger partial charge in [0.25, 0.3) is 5.91 Å². The maximum atomic E-state index is 12.6. The first-order chi connectivity index (χ1) is 9.45. The molecule has 0 aliphatic heterocycles. The van der Waals surface area contributed by atoms with Crippen molar-refractivity contribution in [3.8, 4) is 5.75 Å². The van der Waals surface area contributed by atoms with Gasteiger partial charge in [0.2, 0.25) is 0 Å². The van der Waals surface area contributed by atoms with Crippen molar-refractivity contribution in [2.45, 2.75) is 20.3 Å². The normalized spacial score (nSPS) is 10.4. The standard InChI is InChI=1S/C14H21N3O2S/c1-10(2)9-17(7-5-13(15)20)14(18)11-4-6-16-8-12(11)19-3/h4,6,8,10H,5,7,9H2,1-3H3,(H2,15,20). The Balaban J connectivity index is 2.93. The van der Waals surface area contributed by atoms with Gasteiger partial charge in [0.15, 0.2) is 0 Å². The molecule has 1 heterocycles. The van der Waals surface area contributed by atoms with Gasteiger partial charge in [0.1, 0.15) is 5.75 Å². The van der Waals surface area contributed by atoms with Crippen molar-refractivity contribution in [1.29, 1.82) is 0 Å². The molecule has 0 saturated heterocycles. The minimum absolute atomic E-state index is 0.0887. The van der Waals surface area contributed by atoms with Crippen LogP contribution in [-0.4, -0.2) is 41.0 Å². The van der Waals surface area contributed by atoms with E-state index in [1.165, 1.54) is 13.3 Å². The highest BCUT2D eigenvalue weighted by atomic mass is 32.1. The molecular weight excluding hydrogens is 274 g/mol. The van der Waals surface area contributed by atoms with Gasteiger partial charge in [-0.3, -0.25) is 9.78 Å². The van der Waals surface area contributed by atoms with Crippen LogP contribution in [0.3, 0.4) is 0 Å². The quantitative estimate of drug-likeness (QED) is 0.778. The fourth-order valence-corrected chi connectivity index (χ4v) is 1.94. The molecule has 1 rings (SSSR count). The van der Waals surface area contributed by atoms with E-state index in [0.717, 1.165) is 0 Å². The van der Waals surface area contributed by atoms with Crippen molar-refractivity contribution in [3.63, 3.8) is 0 Å². The molecule has 0 saturated carbocycles. The van der Waals surface area contributed by atoms with Crippen LogP contribution < -0.4 is 10.5 Å². The van der Waals surface area contributed by atoms with Crippen LogP contribution in [-0.2, 0) is 0 Å². The molecule has 1 amide bonds. The molecule has 0 spiro atoms. The first kappa shape index (κ1) is 16.4. The van der Waals surface area contributed by atoms with Gasteiger partial charge in [-0.15, -0.1) is 0 Å². The second-order valence-electron chi connectivity index (χ2n) is 4.94. The molecule has 0 aliphatic carbocycles. The summed E-state index contributed by atoms with van der Waals surface area (Å²) >= 11 is 4.88. The molecule has 0 bridgehead atoms. The summed E-state index contributed by atoms with van der Waals surface area (Å²) in [6.07, 6.45) is 3.63. The molecule has 2 N–H and O–H groups in total. The summed E-state index contributed by atoms with van der Waals surface area (Å²) in [6, 6.07) is 1.66. The molecule has 0 fully saturated rings. The Kier molecular flexibility index (Phi) is 6.38. The van der Waals surface area contributed by atoms with E-state index in [9.17, 15) is 4.79 Å². The maximum Gasteiger partial charge on any atom is 0.257 e. The molecule has 0 aromatic carbocycles. The van der Waals surface area contributed by atoms with Gasteiger partial charge < -0.3 is 15.4 Å². The summed E-state index contributed by atoms with van der Waals surface area (Å²) in [5.74, 6) is 0.744. The summed E-state index contributed by atoms with van der Waals surface area (Å²) in [7, 11) is 1.52. The largest absolute Gasteiger partial charge is 0.494 e. The van der Waals surface area contributed by atoms with Gasteiger partial charge in [0.05, 0.1) is 23.9 Å². The molecule has 110 valence electrons. The first-order valence-corrected chi connectivity index (χ1v) is 6.92. The van der Waals surface area contributed by atoms with E-state index >= 15 is 0 Å². The van der Waals surface area contributed by atoms with E-state index in [4.69, 9.17) is 22.7 Å². The van der Waals surface area contributed by atoms with Crippen molar-refractivity contribution >= 4 is 23.1 Å². The van der Waals surface area contributed by atoms with Crippen LogP contribution in [0.25, 0.3) is 0 Å². The Labute approximate surface area is 125 Å². The lowest BCUT2D eigenvalue weighted by molar-refractivity contribution is 0.0737.